The number of nitrogens with one attached hydrogen (secondary N) is 1. The number of hydrogen-bond donors (Lipinski definition) is 2. The van der Waals surface area contributed by atoms with Gasteiger partial charge in [-0.3, -0.25) is 10.2 Å². The molecule has 1 rings (SSSR count). The van der Waals surface area contributed by atoms with Crippen LogP contribution in [0.5, 0.6) is 0 Å². The van der Waals surface area contributed by atoms with E-state index in [0.29, 0.717) is 12.0 Å². The van der Waals surface area contributed by atoms with E-state index in [-0.39, 0.29) is 5.84 Å². The van der Waals surface area contributed by atoms with Gasteiger partial charge in [0.1, 0.15) is 11.4 Å². The predicted octanol–water partition coefficient (Wildman–Crippen LogP) is 2.16. The molecule has 0 aromatic heterocycles. The normalized spacial score (nSPS) is 13.8. The molecule has 0 fully saturated rings. The fourth-order valence-corrected chi connectivity index (χ4v) is 1.86. The summed E-state index contributed by atoms with van der Waals surface area (Å²) in [4.78, 5) is 10.6. The number of benzene rings is 1. The third-order valence-electron chi connectivity index (χ3n) is 2.84. The Balaban J connectivity index is 3.02. The highest BCUT2D eigenvalue weighted by Gasteiger charge is 2.27. The van der Waals surface area contributed by atoms with Crippen LogP contribution in [0.4, 0.5) is 0 Å². The summed E-state index contributed by atoms with van der Waals surface area (Å²) in [6, 6.07) is 7.21. The Kier molecular flexibility index (Phi) is 4.26. The van der Waals surface area contributed by atoms with E-state index in [1.807, 2.05) is 26.0 Å². The van der Waals surface area contributed by atoms with Gasteiger partial charge in [-0.25, -0.2) is 0 Å². The first-order valence-electron chi connectivity index (χ1n) is 5.60. The van der Waals surface area contributed by atoms with E-state index < -0.39 is 5.60 Å². The molecule has 1 unspecified atom stereocenters. The zero-order valence-corrected chi connectivity index (χ0v) is 10.2. The van der Waals surface area contributed by atoms with Crippen molar-refractivity contribution in [2.45, 2.75) is 32.3 Å². The molecule has 0 radical (unpaired) electrons. The number of nitrogen functional groups attached to an aromatic ring is 1. The van der Waals surface area contributed by atoms with Crippen molar-refractivity contribution in [3.8, 4) is 0 Å². The van der Waals surface area contributed by atoms with Crippen LogP contribution in [0.1, 0.15) is 37.8 Å². The van der Waals surface area contributed by atoms with E-state index in [4.69, 9.17) is 15.9 Å². The lowest BCUT2D eigenvalue weighted by molar-refractivity contribution is -0.143. The third kappa shape index (κ3) is 3.06. The quantitative estimate of drug-likeness (QED) is 0.450. The molecule has 0 spiro atoms. The summed E-state index contributed by atoms with van der Waals surface area (Å²) in [7, 11) is 0. The molecule has 1 aromatic rings. The zero-order valence-electron chi connectivity index (χ0n) is 10.2. The first kappa shape index (κ1) is 13.2. The molecule has 0 amide bonds. The largest absolute Gasteiger partial charge is 0.457 e. The molecule has 1 aromatic carbocycles. The van der Waals surface area contributed by atoms with Crippen LogP contribution >= 0.6 is 0 Å². The van der Waals surface area contributed by atoms with Gasteiger partial charge in [0.25, 0.3) is 6.47 Å². The lowest BCUT2D eigenvalue weighted by Crippen LogP contribution is -2.25. The molecular formula is C13H18N2O2. The van der Waals surface area contributed by atoms with Gasteiger partial charge in [0.15, 0.2) is 0 Å². The molecule has 0 bridgehead atoms. The zero-order chi connectivity index (χ0) is 12.9. The lowest BCUT2D eigenvalue weighted by atomic mass is 9.90. The van der Waals surface area contributed by atoms with Crippen LogP contribution in [-0.2, 0) is 15.1 Å². The van der Waals surface area contributed by atoms with Crippen LogP contribution in [0.3, 0.4) is 0 Å². The molecule has 4 nitrogen and oxygen atoms in total. The van der Waals surface area contributed by atoms with E-state index in [1.165, 1.54) is 0 Å². The molecule has 0 aliphatic rings. The van der Waals surface area contributed by atoms with Crippen LogP contribution in [0.2, 0.25) is 0 Å². The average Bonchev–Trinajstić information content (AvgIpc) is 2.30. The summed E-state index contributed by atoms with van der Waals surface area (Å²) in [6.07, 6.45) is 1.67. The summed E-state index contributed by atoms with van der Waals surface area (Å²) >= 11 is 0. The Hall–Kier alpha value is -1.84. The van der Waals surface area contributed by atoms with Crippen molar-refractivity contribution in [1.29, 1.82) is 5.41 Å². The molecule has 0 saturated carbocycles. The van der Waals surface area contributed by atoms with Crippen molar-refractivity contribution < 1.29 is 9.53 Å². The monoisotopic (exact) mass is 234 g/mol. The Morgan fingerprint density at radius 2 is 2.06 bits per heavy atom. The van der Waals surface area contributed by atoms with Gasteiger partial charge in [0, 0.05) is 5.56 Å². The van der Waals surface area contributed by atoms with E-state index >= 15 is 0 Å². The Labute approximate surface area is 101 Å². The van der Waals surface area contributed by atoms with Gasteiger partial charge >= 0.3 is 0 Å². The first-order chi connectivity index (χ1) is 8.03. The summed E-state index contributed by atoms with van der Waals surface area (Å²) in [5, 5.41) is 7.31. The summed E-state index contributed by atoms with van der Waals surface area (Å²) in [5.41, 5.74) is 6.36. The van der Waals surface area contributed by atoms with Gasteiger partial charge < -0.3 is 10.5 Å². The van der Waals surface area contributed by atoms with Crippen LogP contribution in [-0.4, -0.2) is 12.3 Å². The van der Waals surface area contributed by atoms with Crippen molar-refractivity contribution >= 4 is 12.3 Å². The minimum atomic E-state index is -0.605. The topological polar surface area (TPSA) is 76.2 Å². The van der Waals surface area contributed by atoms with Gasteiger partial charge in [-0.2, -0.15) is 0 Å². The van der Waals surface area contributed by atoms with Gasteiger partial charge in [-0.15, -0.1) is 0 Å². The van der Waals surface area contributed by atoms with Gasteiger partial charge in [0.05, 0.1) is 0 Å². The maximum atomic E-state index is 10.6. The molecule has 17 heavy (non-hydrogen) atoms. The van der Waals surface area contributed by atoms with E-state index in [2.05, 4.69) is 0 Å². The Bertz CT molecular complexity index is 400. The number of carbonyl (C=O) groups excluding carboxylic acids is 1. The van der Waals surface area contributed by atoms with Crippen molar-refractivity contribution in [2.24, 2.45) is 5.73 Å². The van der Waals surface area contributed by atoms with E-state index in [9.17, 15) is 4.79 Å². The van der Waals surface area contributed by atoms with Crippen molar-refractivity contribution in [3.63, 3.8) is 0 Å². The molecule has 1 atom stereocenters. The fraction of sp³-hybridized carbons (Fsp3) is 0.385. The molecule has 0 aliphatic carbocycles. The SMILES string of the molecule is CCCC(C)(OC=O)c1ccc(C(=N)N)cc1. The minimum Gasteiger partial charge on any atom is -0.457 e. The standard InChI is InChI=1S/C13H18N2O2/c1-3-8-13(2,17-9-16)11-6-4-10(5-7-11)12(14)15/h4-7,9H,3,8H2,1-2H3,(H3,14,15). The van der Waals surface area contributed by atoms with Crippen LogP contribution in [0.25, 0.3) is 0 Å². The van der Waals surface area contributed by atoms with Crippen LogP contribution in [0, 0.1) is 5.41 Å². The number of carbonyl (C=O) groups is 1. The highest BCUT2D eigenvalue weighted by atomic mass is 16.5. The molecule has 0 aliphatic heterocycles. The number of hydrogen-bond acceptors (Lipinski definition) is 3. The second-order valence-electron chi connectivity index (χ2n) is 4.19. The highest BCUT2D eigenvalue weighted by Crippen LogP contribution is 2.29. The first-order valence-corrected chi connectivity index (χ1v) is 5.60. The average molecular weight is 234 g/mol. The smallest absolute Gasteiger partial charge is 0.293 e. The Morgan fingerprint density at radius 1 is 1.47 bits per heavy atom. The van der Waals surface area contributed by atoms with Gasteiger partial charge in [-0.05, 0) is 18.9 Å². The van der Waals surface area contributed by atoms with E-state index in [0.717, 1.165) is 18.4 Å². The lowest BCUT2D eigenvalue weighted by Gasteiger charge is -2.28. The van der Waals surface area contributed by atoms with Crippen molar-refractivity contribution in [3.05, 3.63) is 35.4 Å². The maximum Gasteiger partial charge on any atom is 0.293 e. The highest BCUT2D eigenvalue weighted by molar-refractivity contribution is 5.94. The fourth-order valence-electron chi connectivity index (χ4n) is 1.86. The summed E-state index contributed by atoms with van der Waals surface area (Å²) in [6.45, 7) is 4.40. The summed E-state index contributed by atoms with van der Waals surface area (Å²) < 4.78 is 5.19. The molecule has 0 saturated heterocycles. The van der Waals surface area contributed by atoms with Gasteiger partial charge in [0.2, 0.25) is 0 Å². The van der Waals surface area contributed by atoms with E-state index in [1.54, 1.807) is 12.1 Å². The molecule has 92 valence electrons. The third-order valence-corrected chi connectivity index (χ3v) is 2.84. The number of nitrogens with two attached hydrogens (primary N) is 1. The molecule has 3 N–H and O–H groups in total. The second-order valence-corrected chi connectivity index (χ2v) is 4.19. The molecule has 0 heterocycles. The Morgan fingerprint density at radius 3 is 2.47 bits per heavy atom. The predicted molar refractivity (Wildman–Crippen MR) is 66.9 cm³/mol. The van der Waals surface area contributed by atoms with Crippen molar-refractivity contribution in [1.82, 2.24) is 0 Å². The van der Waals surface area contributed by atoms with Crippen LogP contribution < -0.4 is 5.73 Å². The summed E-state index contributed by atoms with van der Waals surface area (Å²) in [5.74, 6) is 0.0325. The van der Waals surface area contributed by atoms with Crippen molar-refractivity contribution in [2.75, 3.05) is 0 Å². The second kappa shape index (κ2) is 5.48. The minimum absolute atomic E-state index is 0.0325. The molecule has 4 heteroatoms. The number of ether oxygens (including phenoxy) is 1. The van der Waals surface area contributed by atoms with Crippen LogP contribution in [0.15, 0.2) is 24.3 Å². The number of rotatable bonds is 6. The molecular weight excluding hydrogens is 216 g/mol. The maximum absolute atomic E-state index is 10.6. The van der Waals surface area contributed by atoms with Gasteiger partial charge in [-0.1, -0.05) is 37.6 Å². The number of amidine groups is 1.